The van der Waals surface area contributed by atoms with Crippen LogP contribution in [0, 0.1) is 0 Å². The predicted molar refractivity (Wildman–Crippen MR) is 79.5 cm³/mol. The molecule has 2 nitrogen and oxygen atoms in total. The van der Waals surface area contributed by atoms with E-state index in [4.69, 9.17) is 23.2 Å². The fraction of sp³-hybridized carbons (Fsp3) is 0. The number of aromatic nitrogens is 2. The van der Waals surface area contributed by atoms with Gasteiger partial charge in [-0.1, -0.05) is 53.5 Å². The Morgan fingerprint density at radius 3 is 2.16 bits per heavy atom. The number of hydrogen-bond acceptors (Lipinski definition) is 1. The molecule has 0 aliphatic rings. The third-order valence-electron chi connectivity index (χ3n) is 2.82. The van der Waals surface area contributed by atoms with Crippen LogP contribution in [-0.4, -0.2) is 10.2 Å². The molecule has 0 atom stereocenters. The van der Waals surface area contributed by atoms with Crippen LogP contribution in [-0.2, 0) is 0 Å². The maximum absolute atomic E-state index is 6.00. The van der Waals surface area contributed by atoms with Gasteiger partial charge in [-0.05, 0) is 29.8 Å². The van der Waals surface area contributed by atoms with Crippen molar-refractivity contribution in [2.75, 3.05) is 0 Å². The minimum absolute atomic E-state index is 0.603. The van der Waals surface area contributed by atoms with Gasteiger partial charge in [0, 0.05) is 15.6 Å². The molecule has 2 aromatic carbocycles. The summed E-state index contributed by atoms with van der Waals surface area (Å²) in [4.78, 5) is 0. The summed E-state index contributed by atoms with van der Waals surface area (Å²) in [6.45, 7) is 0. The molecule has 3 rings (SSSR count). The lowest BCUT2D eigenvalue weighted by Gasteiger charge is -1.98. The van der Waals surface area contributed by atoms with Crippen LogP contribution in [0.3, 0.4) is 0 Å². The first-order valence-electron chi connectivity index (χ1n) is 5.80. The number of H-pyrrole nitrogens is 1. The molecule has 94 valence electrons. The fourth-order valence-electron chi connectivity index (χ4n) is 1.94. The predicted octanol–water partition coefficient (Wildman–Crippen LogP) is 5.05. The SMILES string of the molecule is Clc1cc(Cl)cc(-c2cc(-c3ccccc3)[nH]n2)c1. The highest BCUT2D eigenvalue weighted by Crippen LogP contribution is 2.28. The van der Waals surface area contributed by atoms with Gasteiger partial charge in [0.2, 0.25) is 0 Å². The molecule has 0 unspecified atom stereocenters. The van der Waals surface area contributed by atoms with E-state index >= 15 is 0 Å². The molecule has 3 aromatic rings. The number of nitrogens with zero attached hydrogens (tertiary/aromatic N) is 1. The van der Waals surface area contributed by atoms with Crippen molar-refractivity contribution in [3.8, 4) is 22.5 Å². The van der Waals surface area contributed by atoms with Crippen molar-refractivity contribution in [3.63, 3.8) is 0 Å². The number of halogens is 2. The zero-order valence-corrected chi connectivity index (χ0v) is 11.4. The molecule has 0 aliphatic heterocycles. The third-order valence-corrected chi connectivity index (χ3v) is 3.26. The summed E-state index contributed by atoms with van der Waals surface area (Å²) in [7, 11) is 0. The zero-order valence-electron chi connectivity index (χ0n) is 9.90. The minimum atomic E-state index is 0.603. The van der Waals surface area contributed by atoms with Crippen molar-refractivity contribution in [1.82, 2.24) is 10.2 Å². The van der Waals surface area contributed by atoms with Gasteiger partial charge in [0.05, 0.1) is 11.4 Å². The van der Waals surface area contributed by atoms with Crippen molar-refractivity contribution in [1.29, 1.82) is 0 Å². The van der Waals surface area contributed by atoms with Crippen LogP contribution in [0.25, 0.3) is 22.5 Å². The van der Waals surface area contributed by atoms with E-state index < -0.39 is 0 Å². The van der Waals surface area contributed by atoms with Crippen LogP contribution < -0.4 is 0 Å². The van der Waals surface area contributed by atoms with Gasteiger partial charge in [0.15, 0.2) is 0 Å². The summed E-state index contributed by atoms with van der Waals surface area (Å²) in [5.74, 6) is 0. The summed E-state index contributed by atoms with van der Waals surface area (Å²) in [5, 5.41) is 8.53. The average molecular weight is 289 g/mol. The Bertz CT molecular complexity index is 685. The second kappa shape index (κ2) is 5.08. The number of rotatable bonds is 2. The highest BCUT2D eigenvalue weighted by Gasteiger charge is 2.07. The molecule has 1 N–H and O–H groups in total. The molecule has 0 radical (unpaired) electrons. The minimum Gasteiger partial charge on any atom is -0.277 e. The molecule has 0 spiro atoms. The van der Waals surface area contributed by atoms with E-state index in [-0.39, 0.29) is 0 Å². The maximum Gasteiger partial charge on any atom is 0.0928 e. The van der Waals surface area contributed by atoms with E-state index in [0.717, 1.165) is 22.5 Å². The first-order chi connectivity index (χ1) is 9.22. The third kappa shape index (κ3) is 2.65. The molecule has 0 saturated carbocycles. The quantitative estimate of drug-likeness (QED) is 0.702. The van der Waals surface area contributed by atoms with Crippen LogP contribution in [0.15, 0.2) is 54.6 Å². The van der Waals surface area contributed by atoms with E-state index in [1.165, 1.54) is 0 Å². The van der Waals surface area contributed by atoms with Crippen LogP contribution >= 0.6 is 23.2 Å². The molecule has 0 amide bonds. The monoisotopic (exact) mass is 288 g/mol. The topological polar surface area (TPSA) is 28.7 Å². The number of aromatic amines is 1. The van der Waals surface area contributed by atoms with Crippen LogP contribution in [0.4, 0.5) is 0 Å². The second-order valence-electron chi connectivity index (χ2n) is 4.19. The number of benzene rings is 2. The van der Waals surface area contributed by atoms with Crippen molar-refractivity contribution in [3.05, 3.63) is 64.6 Å². The van der Waals surface area contributed by atoms with Gasteiger partial charge >= 0.3 is 0 Å². The van der Waals surface area contributed by atoms with Gasteiger partial charge in [0.25, 0.3) is 0 Å². The lowest BCUT2D eigenvalue weighted by atomic mass is 10.1. The van der Waals surface area contributed by atoms with Crippen molar-refractivity contribution >= 4 is 23.2 Å². The number of nitrogens with one attached hydrogen (secondary N) is 1. The Morgan fingerprint density at radius 2 is 1.47 bits per heavy atom. The molecular formula is C15H10Cl2N2. The van der Waals surface area contributed by atoms with Gasteiger partial charge in [0.1, 0.15) is 0 Å². The van der Waals surface area contributed by atoms with E-state index in [1.54, 1.807) is 6.07 Å². The first kappa shape index (κ1) is 12.3. The van der Waals surface area contributed by atoms with E-state index in [9.17, 15) is 0 Å². The molecule has 0 aliphatic carbocycles. The average Bonchev–Trinajstić information content (AvgIpc) is 2.88. The van der Waals surface area contributed by atoms with E-state index in [1.807, 2.05) is 48.5 Å². The summed E-state index contributed by atoms with van der Waals surface area (Å²) < 4.78 is 0. The van der Waals surface area contributed by atoms with Gasteiger partial charge in [-0.2, -0.15) is 5.10 Å². The Kier molecular flexibility index (Phi) is 3.28. The van der Waals surface area contributed by atoms with Gasteiger partial charge in [-0.15, -0.1) is 0 Å². The van der Waals surface area contributed by atoms with Crippen LogP contribution in [0.1, 0.15) is 0 Å². The lowest BCUT2D eigenvalue weighted by Crippen LogP contribution is -1.78. The summed E-state index contributed by atoms with van der Waals surface area (Å²) in [6.07, 6.45) is 0. The number of hydrogen-bond donors (Lipinski definition) is 1. The summed E-state index contributed by atoms with van der Waals surface area (Å²) in [6, 6.07) is 17.4. The Balaban J connectivity index is 2.02. The smallest absolute Gasteiger partial charge is 0.0928 e. The molecule has 0 saturated heterocycles. The molecule has 1 heterocycles. The summed E-state index contributed by atoms with van der Waals surface area (Å²) in [5.41, 5.74) is 3.78. The first-order valence-corrected chi connectivity index (χ1v) is 6.55. The standard InChI is InChI=1S/C15H10Cl2N2/c16-12-6-11(7-13(17)8-12)15-9-14(18-19-15)10-4-2-1-3-5-10/h1-9H,(H,18,19). The van der Waals surface area contributed by atoms with Crippen LogP contribution in [0.5, 0.6) is 0 Å². The highest BCUT2D eigenvalue weighted by atomic mass is 35.5. The van der Waals surface area contributed by atoms with Crippen LogP contribution in [0.2, 0.25) is 10.0 Å². The van der Waals surface area contributed by atoms with Gasteiger partial charge < -0.3 is 0 Å². The Morgan fingerprint density at radius 1 is 0.789 bits per heavy atom. The van der Waals surface area contributed by atoms with Crippen molar-refractivity contribution < 1.29 is 0 Å². The largest absolute Gasteiger partial charge is 0.277 e. The zero-order chi connectivity index (χ0) is 13.2. The normalized spacial score (nSPS) is 10.6. The van der Waals surface area contributed by atoms with Crippen molar-refractivity contribution in [2.45, 2.75) is 0 Å². The Hall–Kier alpha value is -1.77. The maximum atomic E-state index is 6.00. The molecule has 4 heteroatoms. The molecular weight excluding hydrogens is 279 g/mol. The van der Waals surface area contributed by atoms with E-state index in [0.29, 0.717) is 10.0 Å². The molecule has 0 fully saturated rings. The van der Waals surface area contributed by atoms with E-state index in [2.05, 4.69) is 10.2 Å². The summed E-state index contributed by atoms with van der Waals surface area (Å²) >= 11 is 12.0. The molecule has 0 bridgehead atoms. The van der Waals surface area contributed by atoms with Crippen molar-refractivity contribution in [2.24, 2.45) is 0 Å². The lowest BCUT2D eigenvalue weighted by molar-refractivity contribution is 1.10. The second-order valence-corrected chi connectivity index (χ2v) is 5.06. The van der Waals surface area contributed by atoms with Gasteiger partial charge in [-0.3, -0.25) is 5.10 Å². The molecule has 19 heavy (non-hydrogen) atoms. The Labute approximate surface area is 121 Å². The van der Waals surface area contributed by atoms with Gasteiger partial charge in [-0.25, -0.2) is 0 Å². The fourth-order valence-corrected chi connectivity index (χ4v) is 2.46. The molecule has 1 aromatic heterocycles. The highest BCUT2D eigenvalue weighted by molar-refractivity contribution is 6.35.